The molecule has 128 valence electrons. The number of hydrogen-bond acceptors (Lipinski definition) is 5. The van der Waals surface area contributed by atoms with Crippen LogP contribution in [0.3, 0.4) is 0 Å². The zero-order valence-electron chi connectivity index (χ0n) is 14.1. The maximum atomic E-state index is 12.9. The monoisotopic (exact) mass is 353 g/mol. The molecule has 0 saturated carbocycles. The summed E-state index contributed by atoms with van der Waals surface area (Å²) >= 11 is 1.53. The van der Waals surface area contributed by atoms with E-state index in [4.69, 9.17) is 4.74 Å². The summed E-state index contributed by atoms with van der Waals surface area (Å²) in [7, 11) is 0. The second-order valence-corrected chi connectivity index (χ2v) is 6.47. The summed E-state index contributed by atoms with van der Waals surface area (Å²) in [4.78, 5) is 21.6. The third kappa shape index (κ3) is 4.42. The van der Waals surface area contributed by atoms with Crippen molar-refractivity contribution in [2.24, 2.45) is 4.99 Å². The minimum atomic E-state index is -0.140. The number of pyridine rings is 1. The predicted molar refractivity (Wildman–Crippen MR) is 97.7 cm³/mol. The first-order valence-corrected chi connectivity index (χ1v) is 8.94. The van der Waals surface area contributed by atoms with Crippen molar-refractivity contribution >= 4 is 17.2 Å². The van der Waals surface area contributed by atoms with Crippen LogP contribution >= 0.6 is 11.3 Å². The summed E-state index contributed by atoms with van der Waals surface area (Å²) in [6, 6.07) is 12.8. The highest BCUT2D eigenvalue weighted by Crippen LogP contribution is 2.16. The Bertz CT molecular complexity index is 914. The van der Waals surface area contributed by atoms with E-state index in [0.29, 0.717) is 23.4 Å². The van der Waals surface area contributed by atoms with E-state index in [1.54, 1.807) is 28.4 Å². The third-order valence-corrected chi connectivity index (χ3v) is 4.03. The molecule has 0 aliphatic heterocycles. The second-order valence-electron chi connectivity index (χ2n) is 5.75. The standard InChI is InChI=1S/C19H19N3O2S/c1-14(2)21-18-8-3-4-9-22(18)19(23)15-6-5-7-17(10-15)24-11-16-12-25-13-20-16/h3-10,12-14H,11H2,1-2H3. The van der Waals surface area contributed by atoms with Gasteiger partial charge in [0.15, 0.2) is 0 Å². The number of carbonyl (C=O) groups is 1. The number of aromatic nitrogens is 2. The minimum absolute atomic E-state index is 0.106. The molecule has 0 N–H and O–H groups in total. The molecule has 6 heteroatoms. The molecule has 5 nitrogen and oxygen atoms in total. The van der Waals surface area contributed by atoms with E-state index in [-0.39, 0.29) is 11.9 Å². The van der Waals surface area contributed by atoms with Crippen molar-refractivity contribution in [3.05, 3.63) is 76.3 Å². The van der Waals surface area contributed by atoms with Crippen LogP contribution in [-0.4, -0.2) is 21.5 Å². The molecule has 0 aliphatic rings. The number of benzene rings is 1. The lowest BCUT2D eigenvalue weighted by Gasteiger charge is -2.09. The summed E-state index contributed by atoms with van der Waals surface area (Å²) in [5.41, 5.74) is 3.82. The van der Waals surface area contributed by atoms with Gasteiger partial charge in [-0.1, -0.05) is 12.1 Å². The highest BCUT2D eigenvalue weighted by molar-refractivity contribution is 7.07. The summed E-state index contributed by atoms with van der Waals surface area (Å²) in [6.45, 7) is 4.34. The van der Waals surface area contributed by atoms with E-state index in [1.807, 2.05) is 49.6 Å². The van der Waals surface area contributed by atoms with Gasteiger partial charge in [0.2, 0.25) is 0 Å². The third-order valence-electron chi connectivity index (χ3n) is 3.40. The van der Waals surface area contributed by atoms with E-state index in [0.717, 1.165) is 5.69 Å². The predicted octanol–water partition coefficient (Wildman–Crippen LogP) is 3.52. The zero-order chi connectivity index (χ0) is 17.6. The molecule has 2 aromatic heterocycles. The quantitative estimate of drug-likeness (QED) is 0.705. The molecule has 0 spiro atoms. The molecule has 25 heavy (non-hydrogen) atoms. The van der Waals surface area contributed by atoms with Gasteiger partial charge in [0, 0.05) is 23.2 Å². The van der Waals surface area contributed by atoms with Crippen molar-refractivity contribution in [3.8, 4) is 5.75 Å². The van der Waals surface area contributed by atoms with Crippen molar-refractivity contribution in [1.82, 2.24) is 9.55 Å². The lowest BCUT2D eigenvalue weighted by Crippen LogP contribution is -2.28. The van der Waals surface area contributed by atoms with Crippen LogP contribution < -0.4 is 10.2 Å². The van der Waals surface area contributed by atoms with Crippen molar-refractivity contribution < 1.29 is 9.53 Å². The Kier molecular flexibility index (Phi) is 5.40. The Morgan fingerprint density at radius 3 is 2.92 bits per heavy atom. The number of rotatable bonds is 5. The average molecular weight is 353 g/mol. The van der Waals surface area contributed by atoms with Crippen LogP contribution in [0.4, 0.5) is 0 Å². The number of thiazole rings is 1. The topological polar surface area (TPSA) is 56.5 Å². The van der Waals surface area contributed by atoms with Gasteiger partial charge in [0.25, 0.3) is 5.91 Å². The molecule has 0 radical (unpaired) electrons. The van der Waals surface area contributed by atoms with Gasteiger partial charge in [0.05, 0.1) is 11.2 Å². The van der Waals surface area contributed by atoms with Gasteiger partial charge in [-0.2, -0.15) is 0 Å². The fraction of sp³-hybridized carbons (Fsp3) is 0.211. The van der Waals surface area contributed by atoms with Gasteiger partial charge in [-0.15, -0.1) is 11.3 Å². The zero-order valence-corrected chi connectivity index (χ0v) is 14.9. The van der Waals surface area contributed by atoms with Crippen LogP contribution in [0.5, 0.6) is 5.75 Å². The number of ether oxygens (including phenoxy) is 1. The Balaban J connectivity index is 1.85. The maximum absolute atomic E-state index is 12.9. The maximum Gasteiger partial charge on any atom is 0.263 e. The Morgan fingerprint density at radius 1 is 1.28 bits per heavy atom. The fourth-order valence-corrected chi connectivity index (χ4v) is 2.84. The summed E-state index contributed by atoms with van der Waals surface area (Å²) in [5.74, 6) is 0.497. The SMILES string of the molecule is CC(C)N=c1ccccn1C(=O)c1cccc(OCc2cscn2)c1. The summed E-state index contributed by atoms with van der Waals surface area (Å²) in [5, 5.41) is 1.94. The van der Waals surface area contributed by atoms with Crippen LogP contribution in [0.15, 0.2) is 64.5 Å². The molecule has 0 unspecified atom stereocenters. The van der Waals surface area contributed by atoms with Gasteiger partial charge in [-0.3, -0.25) is 14.4 Å². The van der Waals surface area contributed by atoms with Crippen LogP contribution in [-0.2, 0) is 6.61 Å². The smallest absolute Gasteiger partial charge is 0.263 e. The van der Waals surface area contributed by atoms with Crippen LogP contribution in [0.25, 0.3) is 0 Å². The molecule has 0 amide bonds. The lowest BCUT2D eigenvalue weighted by molar-refractivity contribution is 0.0954. The van der Waals surface area contributed by atoms with Crippen molar-refractivity contribution in [3.63, 3.8) is 0 Å². The first-order chi connectivity index (χ1) is 12.1. The molecule has 0 atom stereocenters. The number of nitrogens with zero attached hydrogens (tertiary/aromatic N) is 3. The first-order valence-electron chi connectivity index (χ1n) is 7.99. The Labute approximate surface area is 150 Å². The Morgan fingerprint density at radius 2 is 2.16 bits per heavy atom. The van der Waals surface area contributed by atoms with E-state index < -0.39 is 0 Å². The molecule has 3 rings (SSSR count). The van der Waals surface area contributed by atoms with Gasteiger partial charge in [-0.25, -0.2) is 4.98 Å². The second kappa shape index (κ2) is 7.90. The van der Waals surface area contributed by atoms with Crippen molar-refractivity contribution in [2.75, 3.05) is 0 Å². The molecule has 0 aliphatic carbocycles. The largest absolute Gasteiger partial charge is 0.487 e. The van der Waals surface area contributed by atoms with Crippen LogP contribution in [0.2, 0.25) is 0 Å². The van der Waals surface area contributed by atoms with E-state index in [1.165, 1.54) is 11.3 Å². The molecule has 0 fully saturated rings. The van der Waals surface area contributed by atoms with Gasteiger partial charge in [0.1, 0.15) is 17.8 Å². The molecule has 3 aromatic rings. The van der Waals surface area contributed by atoms with Gasteiger partial charge < -0.3 is 4.74 Å². The molecule has 2 heterocycles. The first kappa shape index (κ1) is 17.1. The van der Waals surface area contributed by atoms with Crippen molar-refractivity contribution in [2.45, 2.75) is 26.5 Å². The van der Waals surface area contributed by atoms with Crippen molar-refractivity contribution in [1.29, 1.82) is 0 Å². The molecule has 0 bridgehead atoms. The van der Waals surface area contributed by atoms with Gasteiger partial charge >= 0.3 is 0 Å². The van der Waals surface area contributed by atoms with E-state index in [9.17, 15) is 4.79 Å². The highest BCUT2D eigenvalue weighted by atomic mass is 32.1. The lowest BCUT2D eigenvalue weighted by atomic mass is 10.2. The normalized spacial score (nSPS) is 11.7. The van der Waals surface area contributed by atoms with Crippen LogP contribution in [0, 0.1) is 0 Å². The minimum Gasteiger partial charge on any atom is -0.487 e. The number of hydrogen-bond donors (Lipinski definition) is 0. The average Bonchev–Trinajstić information content (AvgIpc) is 3.13. The Hall–Kier alpha value is -2.73. The van der Waals surface area contributed by atoms with E-state index in [2.05, 4.69) is 9.98 Å². The summed E-state index contributed by atoms with van der Waals surface area (Å²) in [6.07, 6.45) is 1.73. The van der Waals surface area contributed by atoms with E-state index >= 15 is 0 Å². The molecule has 1 aromatic carbocycles. The highest BCUT2D eigenvalue weighted by Gasteiger charge is 2.10. The van der Waals surface area contributed by atoms with Crippen LogP contribution in [0.1, 0.15) is 29.9 Å². The summed E-state index contributed by atoms with van der Waals surface area (Å²) < 4.78 is 7.29. The number of carbonyl (C=O) groups excluding carboxylic acids is 1. The molecular weight excluding hydrogens is 334 g/mol. The van der Waals surface area contributed by atoms with Gasteiger partial charge in [-0.05, 0) is 44.2 Å². The fourth-order valence-electron chi connectivity index (χ4n) is 2.30. The molecular formula is C19H19N3O2S. The molecule has 0 saturated heterocycles.